The molecule has 0 bridgehead atoms. The van der Waals surface area contributed by atoms with Gasteiger partial charge >= 0.3 is 0 Å². The van der Waals surface area contributed by atoms with Crippen molar-refractivity contribution >= 4 is 6.29 Å². The molecule has 0 aliphatic carbocycles. The van der Waals surface area contributed by atoms with Crippen molar-refractivity contribution < 1.29 is 14.3 Å². The highest BCUT2D eigenvalue weighted by molar-refractivity contribution is 5.55. The van der Waals surface area contributed by atoms with E-state index in [2.05, 4.69) is 0 Å². The molecule has 13 heavy (non-hydrogen) atoms. The van der Waals surface area contributed by atoms with Gasteiger partial charge in [0, 0.05) is 6.61 Å². The zero-order valence-electron chi connectivity index (χ0n) is 7.40. The predicted molar refractivity (Wildman–Crippen MR) is 48.2 cm³/mol. The normalized spacial score (nSPS) is 12.1. The van der Waals surface area contributed by atoms with E-state index in [1.807, 2.05) is 18.2 Å². The number of hydrogen-bond acceptors (Lipinski definition) is 3. The molecule has 0 aliphatic rings. The lowest BCUT2D eigenvalue weighted by Gasteiger charge is -2.11. The molecule has 3 heteroatoms. The summed E-state index contributed by atoms with van der Waals surface area (Å²) in [4.78, 5) is 10.3. The molecular weight excluding hydrogens is 168 g/mol. The lowest BCUT2D eigenvalue weighted by atomic mass is 10.3. The first-order valence-electron chi connectivity index (χ1n) is 4.07. The number of carbonyl (C=O) groups excluding carboxylic acids is 1. The minimum absolute atomic E-state index is 0.423. The number of ether oxygens (including phenoxy) is 2. The van der Waals surface area contributed by atoms with Crippen LogP contribution >= 0.6 is 0 Å². The molecule has 0 saturated heterocycles. The predicted octanol–water partition coefficient (Wildman–Crippen LogP) is 1.54. The van der Waals surface area contributed by atoms with E-state index in [9.17, 15) is 4.79 Å². The summed E-state index contributed by atoms with van der Waals surface area (Å²) in [6, 6.07) is 9.02. The maximum Gasteiger partial charge on any atom is 0.273 e. The van der Waals surface area contributed by atoms with Crippen molar-refractivity contribution in [2.24, 2.45) is 0 Å². The van der Waals surface area contributed by atoms with Gasteiger partial charge < -0.3 is 9.47 Å². The Kier molecular flexibility index (Phi) is 3.99. The van der Waals surface area contributed by atoms with Gasteiger partial charge in [0.15, 0.2) is 0 Å². The second-order valence-corrected chi connectivity index (χ2v) is 2.34. The van der Waals surface area contributed by atoms with E-state index in [1.165, 1.54) is 0 Å². The molecule has 1 unspecified atom stereocenters. The zero-order chi connectivity index (χ0) is 9.52. The Bertz CT molecular complexity index is 246. The van der Waals surface area contributed by atoms with Gasteiger partial charge in [0.2, 0.25) is 0 Å². The van der Waals surface area contributed by atoms with Crippen molar-refractivity contribution in [1.29, 1.82) is 0 Å². The third-order valence-corrected chi connectivity index (χ3v) is 1.40. The van der Waals surface area contributed by atoms with Crippen molar-refractivity contribution in [2.45, 2.75) is 13.2 Å². The summed E-state index contributed by atoms with van der Waals surface area (Å²) >= 11 is 0. The van der Waals surface area contributed by atoms with Gasteiger partial charge in [0.05, 0.1) is 0 Å². The topological polar surface area (TPSA) is 35.5 Å². The smallest absolute Gasteiger partial charge is 0.273 e. The Labute approximate surface area is 77.3 Å². The molecule has 1 aromatic rings. The molecule has 0 aromatic heterocycles. The minimum Gasteiger partial charge on any atom is -0.457 e. The van der Waals surface area contributed by atoms with E-state index < -0.39 is 6.29 Å². The molecule has 1 atom stereocenters. The van der Waals surface area contributed by atoms with Crippen LogP contribution in [0.5, 0.6) is 5.75 Å². The molecule has 1 aromatic carbocycles. The highest BCUT2D eigenvalue weighted by Gasteiger charge is 2.08. The maximum absolute atomic E-state index is 10.3. The van der Waals surface area contributed by atoms with E-state index >= 15 is 0 Å². The van der Waals surface area contributed by atoms with Gasteiger partial charge in [0.25, 0.3) is 12.6 Å². The summed E-state index contributed by atoms with van der Waals surface area (Å²) in [5, 5.41) is 0. The van der Waals surface area contributed by atoms with E-state index in [-0.39, 0.29) is 0 Å². The van der Waals surface area contributed by atoms with Crippen LogP contribution in [0, 0.1) is 0 Å². The number of hydrogen-bond donors (Lipinski definition) is 0. The van der Waals surface area contributed by atoms with Crippen LogP contribution in [0.2, 0.25) is 0 Å². The molecular formula is C10H11O3. The van der Waals surface area contributed by atoms with Crippen LogP contribution in [0.1, 0.15) is 6.92 Å². The van der Waals surface area contributed by atoms with Crippen LogP contribution in [0.3, 0.4) is 0 Å². The van der Waals surface area contributed by atoms with Crippen molar-refractivity contribution in [3.8, 4) is 5.75 Å². The number of para-hydroxylation sites is 1. The standard InChI is InChI=1S/C10H11O3/c1-2-12-10(8-11)13-9-6-4-3-5-7-9/h3-7,10H,2H2,1H3. The summed E-state index contributed by atoms with van der Waals surface area (Å²) in [6.45, 7) is 2.21. The van der Waals surface area contributed by atoms with Crippen molar-refractivity contribution in [3.05, 3.63) is 30.3 Å². The Morgan fingerprint density at radius 3 is 2.62 bits per heavy atom. The Balaban J connectivity index is 2.51. The summed E-state index contributed by atoms with van der Waals surface area (Å²) in [5.41, 5.74) is 0. The Morgan fingerprint density at radius 1 is 1.38 bits per heavy atom. The third-order valence-electron chi connectivity index (χ3n) is 1.40. The summed E-state index contributed by atoms with van der Waals surface area (Å²) in [7, 11) is 0. The molecule has 3 nitrogen and oxygen atoms in total. The van der Waals surface area contributed by atoms with Crippen molar-refractivity contribution in [2.75, 3.05) is 6.61 Å². The first-order chi connectivity index (χ1) is 6.36. The molecule has 0 amide bonds. The van der Waals surface area contributed by atoms with E-state index in [0.717, 1.165) is 0 Å². The zero-order valence-corrected chi connectivity index (χ0v) is 7.40. The first kappa shape index (κ1) is 9.74. The van der Waals surface area contributed by atoms with Crippen LogP contribution in [0.4, 0.5) is 0 Å². The largest absolute Gasteiger partial charge is 0.457 e. The van der Waals surface area contributed by atoms with Crippen LogP contribution in [0.15, 0.2) is 30.3 Å². The monoisotopic (exact) mass is 179 g/mol. The van der Waals surface area contributed by atoms with Crippen LogP contribution in [0.25, 0.3) is 0 Å². The van der Waals surface area contributed by atoms with Crippen LogP contribution in [-0.2, 0) is 9.53 Å². The van der Waals surface area contributed by atoms with Crippen LogP contribution in [-0.4, -0.2) is 19.2 Å². The Morgan fingerprint density at radius 2 is 2.08 bits per heavy atom. The van der Waals surface area contributed by atoms with Gasteiger partial charge in [-0.25, -0.2) is 0 Å². The molecule has 0 saturated carbocycles. The molecule has 0 N–H and O–H groups in total. The second-order valence-electron chi connectivity index (χ2n) is 2.34. The van der Waals surface area contributed by atoms with Gasteiger partial charge in [-0.15, -0.1) is 0 Å². The maximum atomic E-state index is 10.3. The first-order valence-corrected chi connectivity index (χ1v) is 4.07. The summed E-state index contributed by atoms with van der Waals surface area (Å²) < 4.78 is 10.1. The third kappa shape index (κ3) is 3.25. The van der Waals surface area contributed by atoms with E-state index in [4.69, 9.17) is 9.47 Å². The van der Waals surface area contributed by atoms with E-state index in [1.54, 1.807) is 25.3 Å². The quantitative estimate of drug-likeness (QED) is 0.643. The number of rotatable bonds is 5. The van der Waals surface area contributed by atoms with Gasteiger partial charge in [-0.05, 0) is 19.1 Å². The molecule has 0 heterocycles. The van der Waals surface area contributed by atoms with Gasteiger partial charge in [-0.1, -0.05) is 18.2 Å². The molecule has 1 radical (unpaired) electrons. The molecule has 0 aliphatic heterocycles. The molecule has 0 spiro atoms. The molecule has 69 valence electrons. The van der Waals surface area contributed by atoms with Crippen molar-refractivity contribution in [3.63, 3.8) is 0 Å². The fourth-order valence-electron chi connectivity index (χ4n) is 0.866. The summed E-state index contributed by atoms with van der Waals surface area (Å²) in [5.74, 6) is 0.601. The molecule has 1 rings (SSSR count). The highest BCUT2D eigenvalue weighted by Crippen LogP contribution is 2.10. The molecule has 0 fully saturated rings. The summed E-state index contributed by atoms with van der Waals surface area (Å²) in [6.07, 6.45) is 0.733. The minimum atomic E-state index is -0.924. The van der Waals surface area contributed by atoms with Crippen molar-refractivity contribution in [1.82, 2.24) is 0 Å². The van der Waals surface area contributed by atoms with Gasteiger partial charge in [0.1, 0.15) is 5.75 Å². The number of benzene rings is 1. The van der Waals surface area contributed by atoms with Gasteiger partial charge in [-0.3, -0.25) is 4.79 Å². The fourth-order valence-corrected chi connectivity index (χ4v) is 0.866. The van der Waals surface area contributed by atoms with Crippen LogP contribution < -0.4 is 4.74 Å². The van der Waals surface area contributed by atoms with E-state index in [0.29, 0.717) is 12.4 Å². The average Bonchev–Trinajstić information content (AvgIpc) is 2.19. The van der Waals surface area contributed by atoms with Gasteiger partial charge in [-0.2, -0.15) is 0 Å². The average molecular weight is 179 g/mol. The lowest BCUT2D eigenvalue weighted by Crippen LogP contribution is -2.21. The lowest BCUT2D eigenvalue weighted by molar-refractivity contribution is -0.0268. The second kappa shape index (κ2) is 5.32. The fraction of sp³-hybridized carbons (Fsp3) is 0.300. The highest BCUT2D eigenvalue weighted by atomic mass is 16.7. The Hall–Kier alpha value is -1.35. The SMILES string of the molecule is CCOC([C]=O)Oc1ccccc1.